The number of ether oxygens (including phenoxy) is 1. The predicted octanol–water partition coefficient (Wildman–Crippen LogP) is 4.90. The van der Waals surface area contributed by atoms with Crippen molar-refractivity contribution in [2.75, 3.05) is 43.2 Å². The van der Waals surface area contributed by atoms with Crippen LogP contribution in [0.5, 0.6) is 0 Å². The lowest BCUT2D eigenvalue weighted by molar-refractivity contribution is 0.0272. The van der Waals surface area contributed by atoms with Gasteiger partial charge in [-0.15, -0.1) is 0 Å². The average molecular weight is 397 g/mol. The molecule has 2 aliphatic heterocycles. The molecule has 5 rings (SSSR count). The van der Waals surface area contributed by atoms with Crippen LogP contribution in [0.2, 0.25) is 0 Å². The molecule has 4 heteroatoms. The number of hydrogen-bond donors (Lipinski definition) is 0. The van der Waals surface area contributed by atoms with Crippen molar-refractivity contribution >= 4 is 11.4 Å². The number of piperidine rings is 1. The monoisotopic (exact) mass is 396 g/mol. The van der Waals surface area contributed by atoms with Gasteiger partial charge in [-0.05, 0) is 49.7 Å². The van der Waals surface area contributed by atoms with E-state index in [1.165, 1.54) is 82.3 Å². The van der Waals surface area contributed by atoms with Crippen molar-refractivity contribution in [3.8, 4) is 0 Å². The Hall–Kier alpha value is -1.26. The van der Waals surface area contributed by atoms with Gasteiger partial charge in [-0.3, -0.25) is 4.90 Å². The molecule has 1 saturated heterocycles. The maximum atomic E-state index is 5.34. The van der Waals surface area contributed by atoms with Gasteiger partial charge in [0.05, 0.1) is 18.0 Å². The molecular formula is C25H38N3O. The molecule has 29 heavy (non-hydrogen) atoms. The fourth-order valence-corrected chi connectivity index (χ4v) is 6.71. The number of anilines is 2. The number of methoxy groups -OCH3 is 1. The van der Waals surface area contributed by atoms with Crippen LogP contribution in [-0.2, 0) is 4.74 Å². The zero-order chi connectivity index (χ0) is 19.6. The van der Waals surface area contributed by atoms with E-state index in [0.717, 1.165) is 31.0 Å². The molecule has 3 fully saturated rings. The van der Waals surface area contributed by atoms with Crippen LogP contribution in [0.1, 0.15) is 57.8 Å². The van der Waals surface area contributed by atoms with Crippen molar-refractivity contribution in [3.63, 3.8) is 0 Å². The maximum absolute atomic E-state index is 5.34. The molecule has 0 amide bonds. The van der Waals surface area contributed by atoms with E-state index in [1.807, 2.05) is 0 Å². The summed E-state index contributed by atoms with van der Waals surface area (Å²) in [4.78, 5) is 7.83. The second-order valence-corrected chi connectivity index (χ2v) is 9.67. The Morgan fingerprint density at radius 1 is 0.897 bits per heavy atom. The normalized spacial score (nSPS) is 31.0. The summed E-state index contributed by atoms with van der Waals surface area (Å²) in [6, 6.07) is 10.4. The molecule has 0 aromatic heterocycles. The Balaban J connectivity index is 1.23. The SMILES string of the molecule is COCCN1[CH]N(C2CCN(C3CCCC4CCCCC43)CC2)c2ccccc21. The molecule has 1 aromatic carbocycles. The summed E-state index contributed by atoms with van der Waals surface area (Å²) >= 11 is 0. The van der Waals surface area contributed by atoms with Crippen LogP contribution in [0, 0.1) is 18.5 Å². The van der Waals surface area contributed by atoms with E-state index >= 15 is 0 Å². The molecule has 3 unspecified atom stereocenters. The zero-order valence-corrected chi connectivity index (χ0v) is 18.1. The Morgan fingerprint density at radius 2 is 1.66 bits per heavy atom. The fraction of sp³-hybridized carbons (Fsp3) is 0.720. The summed E-state index contributed by atoms with van der Waals surface area (Å²) in [5.41, 5.74) is 2.72. The maximum Gasteiger partial charge on any atom is 0.142 e. The first kappa shape index (κ1) is 19.7. The lowest BCUT2D eigenvalue weighted by Crippen LogP contribution is -2.52. The fourth-order valence-electron chi connectivity index (χ4n) is 6.71. The molecule has 4 nitrogen and oxygen atoms in total. The summed E-state index contributed by atoms with van der Waals surface area (Å²) in [6.45, 7) is 6.60. The van der Waals surface area contributed by atoms with E-state index < -0.39 is 0 Å². The standard InChI is InChI=1S/C25H38N3O/c1-29-18-17-27-19-28(25-11-5-4-10-24(25)27)21-13-15-26(16-14-21)23-12-6-8-20-7-2-3-9-22(20)23/h4-5,10-11,19-23H,2-3,6-9,12-18H2,1H3. The van der Waals surface area contributed by atoms with Gasteiger partial charge in [0, 0.05) is 38.8 Å². The van der Waals surface area contributed by atoms with Gasteiger partial charge in [-0.2, -0.15) is 0 Å². The highest BCUT2D eigenvalue weighted by atomic mass is 16.5. The zero-order valence-electron chi connectivity index (χ0n) is 18.1. The largest absolute Gasteiger partial charge is 0.383 e. The van der Waals surface area contributed by atoms with Crippen molar-refractivity contribution in [1.82, 2.24) is 4.90 Å². The summed E-state index contributed by atoms with van der Waals surface area (Å²) in [5, 5.41) is 0. The summed E-state index contributed by atoms with van der Waals surface area (Å²) in [6.07, 6.45) is 13.0. The first-order valence-electron chi connectivity index (χ1n) is 12.1. The molecular weight excluding hydrogens is 358 g/mol. The molecule has 0 N–H and O–H groups in total. The number of likely N-dealkylation sites (tertiary alicyclic amines) is 1. The van der Waals surface area contributed by atoms with Crippen LogP contribution in [0.25, 0.3) is 0 Å². The van der Waals surface area contributed by atoms with Crippen LogP contribution in [0.4, 0.5) is 11.4 Å². The highest BCUT2D eigenvalue weighted by Gasteiger charge is 2.40. The molecule has 0 spiro atoms. The topological polar surface area (TPSA) is 19.0 Å². The van der Waals surface area contributed by atoms with Crippen molar-refractivity contribution in [3.05, 3.63) is 30.9 Å². The molecule has 4 aliphatic rings. The third-order valence-electron chi connectivity index (χ3n) is 8.17. The molecule has 2 heterocycles. The number of rotatable bonds is 5. The van der Waals surface area contributed by atoms with Gasteiger partial charge in [0.1, 0.15) is 6.67 Å². The van der Waals surface area contributed by atoms with Crippen LogP contribution >= 0.6 is 0 Å². The van der Waals surface area contributed by atoms with Crippen molar-refractivity contribution in [1.29, 1.82) is 0 Å². The van der Waals surface area contributed by atoms with E-state index in [2.05, 4.69) is 45.6 Å². The van der Waals surface area contributed by atoms with Crippen molar-refractivity contribution in [2.45, 2.75) is 69.9 Å². The third kappa shape index (κ3) is 3.90. The smallest absolute Gasteiger partial charge is 0.142 e. The van der Waals surface area contributed by atoms with E-state index in [4.69, 9.17) is 4.74 Å². The van der Waals surface area contributed by atoms with Gasteiger partial charge in [0.25, 0.3) is 0 Å². The lowest BCUT2D eigenvalue weighted by atomic mass is 9.67. The van der Waals surface area contributed by atoms with E-state index in [0.29, 0.717) is 6.04 Å². The molecule has 159 valence electrons. The Labute approximate surface area is 177 Å². The van der Waals surface area contributed by atoms with Gasteiger partial charge in [0.2, 0.25) is 0 Å². The first-order chi connectivity index (χ1) is 14.3. The second-order valence-electron chi connectivity index (χ2n) is 9.67. The Morgan fingerprint density at radius 3 is 2.48 bits per heavy atom. The van der Waals surface area contributed by atoms with Crippen molar-refractivity contribution < 1.29 is 4.74 Å². The quantitative estimate of drug-likeness (QED) is 0.704. The van der Waals surface area contributed by atoms with Gasteiger partial charge in [-0.1, -0.05) is 44.2 Å². The van der Waals surface area contributed by atoms with Gasteiger partial charge in [0.15, 0.2) is 0 Å². The predicted molar refractivity (Wildman–Crippen MR) is 120 cm³/mol. The highest BCUT2D eigenvalue weighted by molar-refractivity contribution is 5.79. The molecule has 2 aliphatic carbocycles. The van der Waals surface area contributed by atoms with Crippen LogP contribution in [0.3, 0.4) is 0 Å². The summed E-state index contributed by atoms with van der Waals surface area (Å²) in [7, 11) is 1.79. The van der Waals surface area contributed by atoms with E-state index in [1.54, 1.807) is 7.11 Å². The van der Waals surface area contributed by atoms with Gasteiger partial charge >= 0.3 is 0 Å². The Bertz CT molecular complexity index is 670. The number of benzene rings is 1. The third-order valence-corrected chi connectivity index (χ3v) is 8.17. The van der Waals surface area contributed by atoms with Gasteiger partial charge < -0.3 is 14.5 Å². The highest BCUT2D eigenvalue weighted by Crippen LogP contribution is 2.44. The van der Waals surface area contributed by atoms with E-state index in [9.17, 15) is 0 Å². The van der Waals surface area contributed by atoms with Crippen LogP contribution in [0.15, 0.2) is 24.3 Å². The first-order valence-corrected chi connectivity index (χ1v) is 12.1. The molecule has 3 atom stereocenters. The van der Waals surface area contributed by atoms with Gasteiger partial charge in [-0.25, -0.2) is 0 Å². The number of fused-ring (bicyclic) bond motifs is 2. The number of hydrogen-bond acceptors (Lipinski definition) is 4. The second kappa shape index (κ2) is 8.85. The van der Waals surface area contributed by atoms with Crippen LogP contribution < -0.4 is 9.80 Å². The molecule has 1 radical (unpaired) electrons. The lowest BCUT2D eigenvalue weighted by Gasteiger charge is -2.49. The number of nitrogens with zero attached hydrogens (tertiary/aromatic N) is 3. The van der Waals surface area contributed by atoms with Crippen LogP contribution in [-0.4, -0.2) is 50.3 Å². The number of para-hydroxylation sites is 2. The minimum atomic E-state index is 0.630. The minimum Gasteiger partial charge on any atom is -0.383 e. The van der Waals surface area contributed by atoms with Crippen molar-refractivity contribution in [2.24, 2.45) is 11.8 Å². The average Bonchev–Trinajstić information content (AvgIpc) is 3.16. The van der Waals surface area contributed by atoms with E-state index in [-0.39, 0.29) is 0 Å². The molecule has 0 bridgehead atoms. The summed E-state index contributed by atoms with van der Waals surface area (Å²) in [5.74, 6) is 2.03. The Kier molecular flexibility index (Phi) is 6.01. The molecule has 1 aromatic rings. The molecule has 2 saturated carbocycles. The minimum absolute atomic E-state index is 0.630. The summed E-state index contributed by atoms with van der Waals surface area (Å²) < 4.78 is 5.34.